The first-order chi connectivity index (χ1) is 25.3. The van der Waals surface area contributed by atoms with Gasteiger partial charge in [0, 0.05) is 67.1 Å². The van der Waals surface area contributed by atoms with Crippen LogP contribution in [0.3, 0.4) is 0 Å². The Balaban J connectivity index is 1.25. The maximum absolute atomic E-state index is 15.7. The minimum atomic E-state index is -0.713. The van der Waals surface area contributed by atoms with Crippen LogP contribution in [0.5, 0.6) is 5.88 Å². The Hall–Kier alpha value is -4.49. The molecule has 2 aliphatic heterocycles. The standard InChI is InChI=1S/C39H43Cl2FN6O5/c1-39(2,3)53-38(51)48(21-25-12-14-32(50)44-25)20-24-11-13-29(46-37(24)52-4)27-15-17-43-36(34(27)41)28-8-6-9-30(33(28)40)45-31-10-5-7-23(35(31)42)19-47-18-16-26(49)22-47/h5-11,13,15,17,25-26,45,49H,12,14,16,18-22H2,1-4H3,(H,44,50)/t25-,26-/m0/s1. The van der Waals surface area contributed by atoms with Gasteiger partial charge < -0.3 is 30.1 Å². The fourth-order valence-corrected chi connectivity index (χ4v) is 7.09. The molecule has 6 rings (SSSR count). The van der Waals surface area contributed by atoms with Crippen molar-refractivity contribution in [1.82, 2.24) is 25.1 Å². The molecule has 2 aliphatic rings. The van der Waals surface area contributed by atoms with Gasteiger partial charge in [-0.1, -0.05) is 47.5 Å². The number of pyridine rings is 2. The Bertz CT molecular complexity index is 1990. The van der Waals surface area contributed by atoms with Crippen LogP contribution in [0, 0.1) is 5.82 Å². The number of hydrogen-bond acceptors (Lipinski definition) is 9. The van der Waals surface area contributed by atoms with Crippen molar-refractivity contribution in [3.8, 4) is 28.4 Å². The van der Waals surface area contributed by atoms with Crippen LogP contribution in [-0.4, -0.2) is 81.4 Å². The fraction of sp³-hybridized carbons (Fsp3) is 0.385. The third kappa shape index (κ3) is 9.18. The van der Waals surface area contributed by atoms with Crippen LogP contribution < -0.4 is 15.4 Å². The van der Waals surface area contributed by atoms with Gasteiger partial charge in [-0.2, -0.15) is 0 Å². The normalized spacial score (nSPS) is 17.5. The van der Waals surface area contributed by atoms with Crippen LogP contribution in [0.1, 0.15) is 51.2 Å². The van der Waals surface area contributed by atoms with Crippen molar-refractivity contribution in [2.24, 2.45) is 0 Å². The van der Waals surface area contributed by atoms with E-state index in [1.54, 1.807) is 80.4 Å². The number of methoxy groups -OCH3 is 1. The predicted molar refractivity (Wildman–Crippen MR) is 203 cm³/mol. The summed E-state index contributed by atoms with van der Waals surface area (Å²) in [7, 11) is 1.50. The number of ether oxygens (including phenoxy) is 2. The van der Waals surface area contributed by atoms with E-state index in [2.05, 4.69) is 15.6 Å². The van der Waals surface area contributed by atoms with Crippen molar-refractivity contribution in [2.75, 3.05) is 32.1 Å². The van der Waals surface area contributed by atoms with E-state index < -0.39 is 23.6 Å². The zero-order valence-corrected chi connectivity index (χ0v) is 31.6. The average Bonchev–Trinajstić information content (AvgIpc) is 3.73. The number of amides is 2. The van der Waals surface area contributed by atoms with Crippen LogP contribution in [0.2, 0.25) is 10.0 Å². The quantitative estimate of drug-likeness (QED) is 0.142. The zero-order chi connectivity index (χ0) is 37.9. The molecule has 0 bridgehead atoms. The molecule has 2 fully saturated rings. The Kier molecular flexibility index (Phi) is 11.7. The molecule has 0 saturated carbocycles. The van der Waals surface area contributed by atoms with Crippen molar-refractivity contribution in [1.29, 1.82) is 0 Å². The van der Waals surface area contributed by atoms with Crippen molar-refractivity contribution < 1.29 is 28.6 Å². The fourth-order valence-electron chi connectivity index (χ4n) is 6.51. The highest BCUT2D eigenvalue weighted by molar-refractivity contribution is 6.39. The van der Waals surface area contributed by atoms with Gasteiger partial charge in [0.2, 0.25) is 11.8 Å². The van der Waals surface area contributed by atoms with Gasteiger partial charge in [0.25, 0.3) is 0 Å². The van der Waals surface area contributed by atoms with Gasteiger partial charge in [0.05, 0.1) is 52.6 Å². The Morgan fingerprint density at radius 1 is 1.06 bits per heavy atom. The number of aromatic nitrogens is 2. The van der Waals surface area contributed by atoms with Gasteiger partial charge >= 0.3 is 6.09 Å². The lowest BCUT2D eigenvalue weighted by Crippen LogP contribution is -2.43. The first kappa shape index (κ1) is 38.2. The lowest BCUT2D eigenvalue weighted by Gasteiger charge is -2.29. The number of nitrogens with one attached hydrogen (secondary N) is 2. The summed E-state index contributed by atoms with van der Waals surface area (Å²) < 4.78 is 27.0. The number of carbonyl (C=O) groups excluding carboxylic acids is 2. The molecular formula is C39H43Cl2FN6O5. The summed E-state index contributed by atoms with van der Waals surface area (Å²) in [6.45, 7) is 7.40. The van der Waals surface area contributed by atoms with Crippen LogP contribution in [0.15, 0.2) is 60.8 Å². The zero-order valence-electron chi connectivity index (χ0n) is 30.1. The van der Waals surface area contributed by atoms with Crippen LogP contribution in [-0.2, 0) is 22.6 Å². The molecule has 0 aliphatic carbocycles. The molecule has 14 heteroatoms. The molecule has 3 N–H and O–H groups in total. The molecule has 0 spiro atoms. The summed E-state index contributed by atoms with van der Waals surface area (Å²) in [5.41, 5.74) is 3.17. The van der Waals surface area contributed by atoms with E-state index in [0.717, 1.165) is 0 Å². The highest BCUT2D eigenvalue weighted by Crippen LogP contribution is 2.41. The minimum absolute atomic E-state index is 0.0459. The monoisotopic (exact) mass is 764 g/mol. The van der Waals surface area contributed by atoms with Crippen LogP contribution >= 0.6 is 23.2 Å². The molecule has 4 heterocycles. The molecule has 11 nitrogen and oxygen atoms in total. The summed E-state index contributed by atoms with van der Waals surface area (Å²) in [5.74, 6) is -0.151. The highest BCUT2D eigenvalue weighted by Gasteiger charge is 2.30. The molecule has 0 unspecified atom stereocenters. The number of anilines is 2. The second kappa shape index (κ2) is 16.3. The van der Waals surface area contributed by atoms with Crippen molar-refractivity contribution in [2.45, 2.75) is 70.9 Å². The summed E-state index contributed by atoms with van der Waals surface area (Å²) >= 11 is 14.0. The van der Waals surface area contributed by atoms with Gasteiger partial charge in [0.1, 0.15) is 5.60 Å². The molecule has 0 radical (unpaired) electrons. The van der Waals surface area contributed by atoms with Crippen LogP contribution in [0.4, 0.5) is 20.6 Å². The smallest absolute Gasteiger partial charge is 0.410 e. The van der Waals surface area contributed by atoms with E-state index in [9.17, 15) is 14.7 Å². The number of aliphatic hydroxyl groups is 1. The Morgan fingerprint density at radius 3 is 2.53 bits per heavy atom. The van der Waals surface area contributed by atoms with E-state index >= 15 is 4.39 Å². The number of likely N-dealkylation sites (tertiary alicyclic amines) is 1. The lowest BCUT2D eigenvalue weighted by atomic mass is 10.0. The third-order valence-electron chi connectivity index (χ3n) is 9.08. The van der Waals surface area contributed by atoms with Gasteiger partial charge in [-0.15, -0.1) is 0 Å². The molecule has 2 aromatic heterocycles. The summed E-state index contributed by atoms with van der Waals surface area (Å²) in [5, 5.41) is 16.5. The number of hydrogen-bond donors (Lipinski definition) is 3. The Labute approximate surface area is 318 Å². The number of rotatable bonds is 11. The van der Waals surface area contributed by atoms with Crippen LogP contribution in [0.25, 0.3) is 22.5 Å². The van der Waals surface area contributed by atoms with E-state index in [0.29, 0.717) is 88.3 Å². The predicted octanol–water partition coefficient (Wildman–Crippen LogP) is 7.59. The van der Waals surface area contributed by atoms with Crippen molar-refractivity contribution in [3.05, 3.63) is 87.8 Å². The summed E-state index contributed by atoms with van der Waals surface area (Å²) in [6, 6.07) is 15.6. The number of benzene rings is 2. The van der Waals surface area contributed by atoms with E-state index in [1.807, 2.05) is 11.0 Å². The average molecular weight is 766 g/mol. The maximum atomic E-state index is 15.7. The first-order valence-corrected chi connectivity index (χ1v) is 18.2. The second-order valence-corrected chi connectivity index (χ2v) is 15.1. The molecule has 53 heavy (non-hydrogen) atoms. The van der Waals surface area contributed by atoms with Gasteiger partial charge in [0.15, 0.2) is 5.82 Å². The lowest BCUT2D eigenvalue weighted by molar-refractivity contribution is -0.119. The van der Waals surface area contributed by atoms with Crippen molar-refractivity contribution >= 4 is 46.6 Å². The SMILES string of the molecule is COc1nc(-c2ccnc(-c3cccc(Nc4cccc(CN5CC[C@H](O)C5)c4F)c3Cl)c2Cl)ccc1CN(C[C@@H]1CCC(=O)N1)C(=O)OC(C)(C)C. The number of aliphatic hydroxyl groups excluding tert-OH is 1. The van der Waals surface area contributed by atoms with Gasteiger partial charge in [-0.3, -0.25) is 14.7 Å². The Morgan fingerprint density at radius 2 is 1.83 bits per heavy atom. The van der Waals surface area contributed by atoms with Crippen molar-refractivity contribution in [3.63, 3.8) is 0 Å². The molecule has 4 aromatic rings. The molecule has 2 atom stereocenters. The van der Waals surface area contributed by atoms with E-state index in [1.165, 1.54) is 7.11 Å². The molecule has 2 saturated heterocycles. The largest absolute Gasteiger partial charge is 0.481 e. The second-order valence-electron chi connectivity index (χ2n) is 14.3. The van der Waals surface area contributed by atoms with Gasteiger partial charge in [-0.25, -0.2) is 14.2 Å². The molecular weight excluding hydrogens is 722 g/mol. The summed E-state index contributed by atoms with van der Waals surface area (Å²) in [6.07, 6.45) is 2.40. The topological polar surface area (TPSA) is 129 Å². The van der Waals surface area contributed by atoms with E-state index in [4.69, 9.17) is 37.7 Å². The van der Waals surface area contributed by atoms with E-state index in [-0.39, 0.29) is 36.6 Å². The maximum Gasteiger partial charge on any atom is 0.410 e. The first-order valence-electron chi connectivity index (χ1n) is 17.5. The summed E-state index contributed by atoms with van der Waals surface area (Å²) in [4.78, 5) is 38.0. The highest BCUT2D eigenvalue weighted by atomic mass is 35.5. The number of nitrogens with zero attached hydrogens (tertiary/aromatic N) is 4. The molecule has 2 aromatic carbocycles. The number of β-amino-alcohol motifs (C(OH)–C–C–N with tert-alkyl or cyclic N) is 1. The molecule has 280 valence electrons. The minimum Gasteiger partial charge on any atom is -0.481 e. The number of carbonyl (C=O) groups is 2. The third-order valence-corrected chi connectivity index (χ3v) is 9.87. The molecule has 2 amide bonds. The number of halogens is 3. The van der Waals surface area contributed by atoms with Gasteiger partial charge in [-0.05, 0) is 63.9 Å².